The molecule has 0 saturated heterocycles. The molecule has 0 fully saturated rings. The number of hydrogen-bond acceptors (Lipinski definition) is 2. The maximum Gasteiger partial charge on any atom is 0.227 e. The van der Waals surface area contributed by atoms with Gasteiger partial charge in [-0.2, -0.15) is 0 Å². The van der Waals surface area contributed by atoms with E-state index >= 15 is 0 Å². The van der Waals surface area contributed by atoms with E-state index in [-0.39, 0.29) is 11.8 Å². The molecule has 0 bridgehead atoms. The largest absolute Gasteiger partial charge is 0.381 e. The molecule has 0 aliphatic rings. The van der Waals surface area contributed by atoms with Crippen LogP contribution in [0.5, 0.6) is 0 Å². The third kappa shape index (κ3) is 7.37. The highest BCUT2D eigenvalue weighted by Crippen LogP contribution is 2.03. The summed E-state index contributed by atoms with van der Waals surface area (Å²) in [6, 6.07) is 0. The molecular weight excluding hydrogens is 190 g/mol. The number of carbonyl (C=O) groups is 1. The fourth-order valence-electron chi connectivity index (χ4n) is 1.40. The van der Waals surface area contributed by atoms with E-state index in [1.165, 1.54) is 19.3 Å². The Morgan fingerprint density at radius 1 is 1.27 bits per heavy atom. The predicted octanol–water partition coefficient (Wildman–Crippen LogP) is 2.31. The molecule has 0 spiro atoms. The van der Waals surface area contributed by atoms with Gasteiger partial charge in [0.05, 0.1) is 12.5 Å². The normalized spacial score (nSPS) is 12.5. The molecule has 0 heterocycles. The fourth-order valence-corrected chi connectivity index (χ4v) is 1.40. The van der Waals surface area contributed by atoms with Crippen molar-refractivity contribution in [1.29, 1.82) is 0 Å². The van der Waals surface area contributed by atoms with Crippen LogP contribution < -0.4 is 0 Å². The lowest BCUT2D eigenvalue weighted by Crippen LogP contribution is -2.30. The first-order valence-electron chi connectivity index (χ1n) is 5.88. The summed E-state index contributed by atoms with van der Waals surface area (Å²) < 4.78 is 5.47. The molecule has 90 valence electrons. The van der Waals surface area contributed by atoms with Crippen LogP contribution in [0.3, 0.4) is 0 Å². The van der Waals surface area contributed by atoms with Crippen molar-refractivity contribution in [2.24, 2.45) is 5.92 Å². The molecule has 0 aliphatic heterocycles. The van der Waals surface area contributed by atoms with E-state index in [2.05, 4.69) is 6.92 Å². The highest BCUT2D eigenvalue weighted by molar-refractivity contribution is 5.77. The average molecular weight is 215 g/mol. The predicted molar refractivity (Wildman–Crippen MR) is 62.8 cm³/mol. The molecule has 0 radical (unpaired) electrons. The van der Waals surface area contributed by atoms with Gasteiger partial charge in [0.25, 0.3) is 0 Å². The summed E-state index contributed by atoms with van der Waals surface area (Å²) in [4.78, 5) is 13.1. The Morgan fingerprint density at radius 2 is 1.93 bits per heavy atom. The van der Waals surface area contributed by atoms with Crippen molar-refractivity contribution in [2.75, 3.05) is 27.3 Å². The van der Waals surface area contributed by atoms with Gasteiger partial charge in [0.15, 0.2) is 0 Å². The molecule has 1 amide bonds. The summed E-state index contributed by atoms with van der Waals surface area (Å²) >= 11 is 0. The number of nitrogens with zero attached hydrogens (tertiary/aromatic N) is 1. The van der Waals surface area contributed by atoms with E-state index in [1.807, 2.05) is 6.92 Å². The zero-order valence-corrected chi connectivity index (χ0v) is 10.6. The maximum atomic E-state index is 11.5. The Hall–Kier alpha value is -0.570. The number of rotatable bonds is 8. The van der Waals surface area contributed by atoms with Crippen LogP contribution in [0.2, 0.25) is 0 Å². The summed E-state index contributed by atoms with van der Waals surface area (Å²) in [6.07, 6.45) is 4.86. The van der Waals surface area contributed by atoms with Crippen LogP contribution in [0.1, 0.15) is 39.5 Å². The van der Waals surface area contributed by atoms with Crippen LogP contribution in [0.25, 0.3) is 0 Å². The van der Waals surface area contributed by atoms with Crippen molar-refractivity contribution in [2.45, 2.75) is 39.5 Å². The minimum Gasteiger partial charge on any atom is -0.381 e. The first-order valence-corrected chi connectivity index (χ1v) is 5.88. The van der Waals surface area contributed by atoms with E-state index < -0.39 is 0 Å². The Bertz CT molecular complexity index is 169. The number of ether oxygens (including phenoxy) is 1. The highest BCUT2D eigenvalue weighted by Gasteiger charge is 2.14. The molecule has 0 aromatic heterocycles. The number of carbonyl (C=O) groups excluding carboxylic acids is 1. The summed E-state index contributed by atoms with van der Waals surface area (Å²) in [7, 11) is 3.56. The molecule has 1 atom stereocenters. The van der Waals surface area contributed by atoms with Gasteiger partial charge in [0, 0.05) is 20.7 Å². The summed E-state index contributed by atoms with van der Waals surface area (Å²) in [6.45, 7) is 5.43. The second-order valence-electron chi connectivity index (χ2n) is 4.27. The van der Waals surface area contributed by atoms with Crippen LogP contribution >= 0.6 is 0 Å². The van der Waals surface area contributed by atoms with E-state index in [0.29, 0.717) is 6.61 Å². The van der Waals surface area contributed by atoms with Crippen LogP contribution in [-0.2, 0) is 9.53 Å². The Kier molecular flexibility index (Phi) is 8.38. The van der Waals surface area contributed by atoms with Crippen molar-refractivity contribution in [3.8, 4) is 0 Å². The van der Waals surface area contributed by atoms with Crippen LogP contribution in [0.15, 0.2) is 0 Å². The second-order valence-corrected chi connectivity index (χ2v) is 4.27. The van der Waals surface area contributed by atoms with Gasteiger partial charge in [-0.1, -0.05) is 33.1 Å². The van der Waals surface area contributed by atoms with Gasteiger partial charge >= 0.3 is 0 Å². The van der Waals surface area contributed by atoms with E-state index in [4.69, 9.17) is 4.74 Å². The smallest absolute Gasteiger partial charge is 0.227 e. The van der Waals surface area contributed by atoms with Gasteiger partial charge in [-0.15, -0.1) is 0 Å². The molecule has 0 rings (SSSR count). The molecule has 1 unspecified atom stereocenters. The lowest BCUT2D eigenvalue weighted by molar-refractivity contribution is -0.134. The lowest BCUT2D eigenvalue weighted by Gasteiger charge is -2.16. The second kappa shape index (κ2) is 8.72. The third-order valence-electron chi connectivity index (χ3n) is 2.37. The summed E-state index contributed by atoms with van der Waals surface area (Å²) in [5.41, 5.74) is 0. The van der Waals surface area contributed by atoms with Crippen LogP contribution in [0, 0.1) is 5.92 Å². The van der Waals surface area contributed by atoms with Crippen LogP contribution in [0.4, 0.5) is 0 Å². The van der Waals surface area contributed by atoms with Gasteiger partial charge < -0.3 is 9.64 Å². The monoisotopic (exact) mass is 215 g/mol. The topological polar surface area (TPSA) is 29.5 Å². The Morgan fingerprint density at radius 3 is 2.47 bits per heavy atom. The van der Waals surface area contributed by atoms with Crippen molar-refractivity contribution < 1.29 is 9.53 Å². The minimum atomic E-state index is -0.0221. The van der Waals surface area contributed by atoms with E-state index in [9.17, 15) is 4.79 Å². The molecule has 0 saturated carbocycles. The molecule has 0 N–H and O–H groups in total. The molecule has 0 aromatic rings. The quantitative estimate of drug-likeness (QED) is 0.581. The zero-order chi connectivity index (χ0) is 11.7. The van der Waals surface area contributed by atoms with Crippen LogP contribution in [-0.4, -0.2) is 38.1 Å². The van der Waals surface area contributed by atoms with Gasteiger partial charge in [-0.25, -0.2) is 0 Å². The summed E-state index contributed by atoms with van der Waals surface area (Å²) in [5, 5.41) is 0. The van der Waals surface area contributed by atoms with Gasteiger partial charge in [-0.05, 0) is 6.42 Å². The molecular formula is C12H25NO2. The molecule has 0 aromatic carbocycles. The third-order valence-corrected chi connectivity index (χ3v) is 2.37. The first kappa shape index (κ1) is 14.4. The standard InChI is InChI=1S/C12H25NO2/c1-5-6-7-8-9-15-10-11(2)12(14)13(3)4/h11H,5-10H2,1-4H3. The lowest BCUT2D eigenvalue weighted by atomic mass is 10.2. The van der Waals surface area contributed by atoms with E-state index in [1.54, 1.807) is 19.0 Å². The van der Waals surface area contributed by atoms with Gasteiger partial charge in [0.2, 0.25) is 5.91 Å². The minimum absolute atomic E-state index is 0.0221. The molecule has 15 heavy (non-hydrogen) atoms. The molecule has 0 aliphatic carbocycles. The number of amides is 1. The fraction of sp³-hybridized carbons (Fsp3) is 0.917. The average Bonchev–Trinajstić information content (AvgIpc) is 2.21. The Balaban J connectivity index is 3.39. The van der Waals surface area contributed by atoms with Gasteiger partial charge in [-0.3, -0.25) is 4.79 Å². The van der Waals surface area contributed by atoms with Gasteiger partial charge in [0.1, 0.15) is 0 Å². The molecule has 3 nitrogen and oxygen atoms in total. The van der Waals surface area contributed by atoms with Crippen molar-refractivity contribution in [1.82, 2.24) is 4.90 Å². The van der Waals surface area contributed by atoms with Crippen molar-refractivity contribution in [3.63, 3.8) is 0 Å². The zero-order valence-electron chi connectivity index (χ0n) is 10.6. The van der Waals surface area contributed by atoms with Crippen molar-refractivity contribution >= 4 is 5.91 Å². The number of hydrogen-bond donors (Lipinski definition) is 0. The first-order chi connectivity index (χ1) is 7.09. The number of unbranched alkanes of at least 4 members (excludes halogenated alkanes) is 3. The van der Waals surface area contributed by atoms with Crippen molar-refractivity contribution in [3.05, 3.63) is 0 Å². The van der Waals surface area contributed by atoms with E-state index in [0.717, 1.165) is 13.0 Å². The maximum absolute atomic E-state index is 11.5. The highest BCUT2D eigenvalue weighted by atomic mass is 16.5. The SMILES string of the molecule is CCCCCCOCC(C)C(=O)N(C)C. The Labute approximate surface area is 93.8 Å². The summed E-state index contributed by atoms with van der Waals surface area (Å²) in [5.74, 6) is 0.120. The molecule has 3 heteroatoms.